The Bertz CT molecular complexity index is 631. The summed E-state index contributed by atoms with van der Waals surface area (Å²) in [6.45, 7) is 2.12. The summed E-state index contributed by atoms with van der Waals surface area (Å²) in [5.41, 5.74) is 1.25. The van der Waals surface area contributed by atoms with E-state index in [1.54, 1.807) is 6.07 Å². The number of hydrogen-bond acceptors (Lipinski definition) is 5. The zero-order valence-electron chi connectivity index (χ0n) is 12.1. The minimum atomic E-state index is -0.436. The number of pyridine rings is 1. The van der Waals surface area contributed by atoms with Gasteiger partial charge in [0.1, 0.15) is 12.0 Å². The number of benzene rings is 1. The minimum absolute atomic E-state index is 0.0119. The van der Waals surface area contributed by atoms with E-state index in [2.05, 4.69) is 22.0 Å². The normalized spacial score (nSPS) is 18.2. The highest BCUT2D eigenvalue weighted by Crippen LogP contribution is 2.19. The Balaban J connectivity index is 1.66. The number of aromatic nitrogens is 1. The first-order chi connectivity index (χ1) is 10.7. The van der Waals surface area contributed by atoms with Gasteiger partial charge in [-0.25, -0.2) is 4.98 Å². The smallest absolute Gasteiger partial charge is 0.287 e. The van der Waals surface area contributed by atoms with Crippen molar-refractivity contribution in [3.05, 3.63) is 64.3 Å². The van der Waals surface area contributed by atoms with Gasteiger partial charge >= 0.3 is 0 Å². The lowest BCUT2D eigenvalue weighted by Crippen LogP contribution is -2.43. The quantitative estimate of drug-likeness (QED) is 0.640. The van der Waals surface area contributed by atoms with Gasteiger partial charge in [-0.3, -0.25) is 10.1 Å². The van der Waals surface area contributed by atoms with Crippen molar-refractivity contribution >= 4 is 11.5 Å². The second-order valence-corrected chi connectivity index (χ2v) is 5.26. The number of morpholine rings is 1. The van der Waals surface area contributed by atoms with Crippen molar-refractivity contribution in [2.24, 2.45) is 0 Å². The average molecular weight is 299 g/mol. The second-order valence-electron chi connectivity index (χ2n) is 5.26. The van der Waals surface area contributed by atoms with E-state index >= 15 is 0 Å². The molecule has 1 aromatic heterocycles. The summed E-state index contributed by atoms with van der Waals surface area (Å²) in [5, 5.41) is 10.7. The van der Waals surface area contributed by atoms with Gasteiger partial charge in [-0.2, -0.15) is 0 Å². The van der Waals surface area contributed by atoms with Crippen LogP contribution in [0.25, 0.3) is 0 Å². The van der Waals surface area contributed by atoms with Crippen LogP contribution in [-0.4, -0.2) is 35.7 Å². The van der Waals surface area contributed by atoms with Crippen LogP contribution < -0.4 is 4.90 Å². The lowest BCUT2D eigenvalue weighted by molar-refractivity contribution is -0.385. The summed E-state index contributed by atoms with van der Waals surface area (Å²) in [5.74, 6) is 0.756. The molecular formula is C16H17N3O3. The molecule has 0 spiro atoms. The van der Waals surface area contributed by atoms with Gasteiger partial charge in [0.25, 0.3) is 5.69 Å². The number of nitrogens with zero attached hydrogens (tertiary/aromatic N) is 3. The van der Waals surface area contributed by atoms with Gasteiger partial charge in [0.2, 0.25) is 0 Å². The van der Waals surface area contributed by atoms with Crippen LogP contribution in [0.1, 0.15) is 5.56 Å². The maximum Gasteiger partial charge on any atom is 0.287 e. The fourth-order valence-corrected chi connectivity index (χ4v) is 2.60. The molecule has 0 saturated carbocycles. The van der Waals surface area contributed by atoms with E-state index in [9.17, 15) is 10.1 Å². The molecule has 0 bridgehead atoms. The molecule has 0 aliphatic carbocycles. The molecule has 0 amide bonds. The predicted octanol–water partition coefficient (Wildman–Crippen LogP) is 2.44. The molecule has 3 rings (SSSR count). The summed E-state index contributed by atoms with van der Waals surface area (Å²) >= 11 is 0. The summed E-state index contributed by atoms with van der Waals surface area (Å²) in [6, 6.07) is 13.4. The van der Waals surface area contributed by atoms with Crippen molar-refractivity contribution in [3.63, 3.8) is 0 Å². The van der Waals surface area contributed by atoms with Gasteiger partial charge in [-0.15, -0.1) is 0 Å². The van der Waals surface area contributed by atoms with Gasteiger partial charge in [0.05, 0.1) is 17.6 Å². The number of ether oxygens (including phenoxy) is 1. The lowest BCUT2D eigenvalue weighted by Gasteiger charge is -2.33. The highest BCUT2D eigenvalue weighted by molar-refractivity contribution is 5.43. The standard InChI is InChI=1S/C16H17N3O3/c20-19(21)14-6-7-16(17-11-14)18-8-9-22-15(12-18)10-13-4-2-1-3-5-13/h1-7,11,15H,8-10,12H2. The van der Waals surface area contributed by atoms with E-state index < -0.39 is 4.92 Å². The summed E-state index contributed by atoms with van der Waals surface area (Å²) in [7, 11) is 0. The van der Waals surface area contributed by atoms with Crippen molar-refractivity contribution in [2.75, 3.05) is 24.6 Å². The molecule has 22 heavy (non-hydrogen) atoms. The van der Waals surface area contributed by atoms with Crippen LogP contribution in [0.2, 0.25) is 0 Å². The Morgan fingerprint density at radius 2 is 2.09 bits per heavy atom. The first-order valence-corrected chi connectivity index (χ1v) is 7.23. The molecule has 1 saturated heterocycles. The molecule has 2 heterocycles. The zero-order chi connectivity index (χ0) is 15.4. The Kier molecular flexibility index (Phi) is 4.29. The molecule has 1 atom stereocenters. The van der Waals surface area contributed by atoms with Crippen LogP contribution in [0.5, 0.6) is 0 Å². The maximum atomic E-state index is 10.7. The fraction of sp³-hybridized carbons (Fsp3) is 0.312. The summed E-state index contributed by atoms with van der Waals surface area (Å²) < 4.78 is 5.82. The number of rotatable bonds is 4. The molecule has 1 aliphatic rings. The molecule has 1 unspecified atom stereocenters. The Morgan fingerprint density at radius 1 is 1.27 bits per heavy atom. The third kappa shape index (κ3) is 3.40. The monoisotopic (exact) mass is 299 g/mol. The van der Waals surface area contributed by atoms with Crippen LogP contribution in [0.3, 0.4) is 0 Å². The zero-order valence-corrected chi connectivity index (χ0v) is 12.1. The highest BCUT2D eigenvalue weighted by atomic mass is 16.6. The van der Waals surface area contributed by atoms with E-state index in [4.69, 9.17) is 4.74 Å². The Hall–Kier alpha value is -2.47. The summed E-state index contributed by atoms with van der Waals surface area (Å²) in [4.78, 5) is 16.5. The van der Waals surface area contributed by atoms with Gasteiger partial charge in [-0.1, -0.05) is 30.3 Å². The molecule has 1 fully saturated rings. The van der Waals surface area contributed by atoms with Crippen molar-refractivity contribution in [1.29, 1.82) is 0 Å². The van der Waals surface area contributed by atoms with Crippen LogP contribution in [0.4, 0.5) is 11.5 Å². The van der Waals surface area contributed by atoms with Gasteiger partial charge in [-0.05, 0) is 11.6 Å². The van der Waals surface area contributed by atoms with Gasteiger partial charge in [0, 0.05) is 25.6 Å². The second kappa shape index (κ2) is 6.53. The van der Waals surface area contributed by atoms with Crippen molar-refractivity contribution in [3.8, 4) is 0 Å². The van der Waals surface area contributed by atoms with Crippen molar-refractivity contribution in [2.45, 2.75) is 12.5 Å². The molecule has 1 aromatic carbocycles. The van der Waals surface area contributed by atoms with Crippen LogP contribution in [0, 0.1) is 10.1 Å². The van der Waals surface area contributed by atoms with Crippen molar-refractivity contribution < 1.29 is 9.66 Å². The van der Waals surface area contributed by atoms with Gasteiger partial charge in [0.15, 0.2) is 0 Å². The largest absolute Gasteiger partial charge is 0.374 e. The third-order valence-corrected chi connectivity index (χ3v) is 3.71. The first kappa shape index (κ1) is 14.5. The Morgan fingerprint density at radius 3 is 2.77 bits per heavy atom. The van der Waals surface area contributed by atoms with E-state index in [1.165, 1.54) is 17.8 Å². The molecular weight excluding hydrogens is 282 g/mol. The molecule has 2 aromatic rings. The summed E-state index contributed by atoms with van der Waals surface area (Å²) in [6.07, 6.45) is 2.26. The fourth-order valence-electron chi connectivity index (χ4n) is 2.60. The molecule has 0 N–H and O–H groups in total. The molecule has 114 valence electrons. The molecule has 0 radical (unpaired) electrons. The van der Waals surface area contributed by atoms with E-state index in [1.807, 2.05) is 18.2 Å². The number of nitro groups is 1. The highest BCUT2D eigenvalue weighted by Gasteiger charge is 2.22. The van der Waals surface area contributed by atoms with Crippen LogP contribution in [0.15, 0.2) is 48.7 Å². The molecule has 1 aliphatic heterocycles. The van der Waals surface area contributed by atoms with E-state index in [0.717, 1.165) is 25.3 Å². The Labute approximate surface area is 128 Å². The number of hydrogen-bond donors (Lipinski definition) is 0. The molecule has 6 heteroatoms. The van der Waals surface area contributed by atoms with E-state index in [-0.39, 0.29) is 11.8 Å². The lowest BCUT2D eigenvalue weighted by atomic mass is 10.1. The van der Waals surface area contributed by atoms with Crippen LogP contribution in [-0.2, 0) is 11.2 Å². The third-order valence-electron chi connectivity index (χ3n) is 3.71. The maximum absolute atomic E-state index is 10.7. The van der Waals surface area contributed by atoms with Crippen LogP contribution >= 0.6 is 0 Å². The van der Waals surface area contributed by atoms with Crippen molar-refractivity contribution in [1.82, 2.24) is 4.98 Å². The molecule has 6 nitrogen and oxygen atoms in total. The SMILES string of the molecule is O=[N+]([O-])c1ccc(N2CCOC(Cc3ccccc3)C2)nc1. The average Bonchev–Trinajstić information content (AvgIpc) is 2.56. The topological polar surface area (TPSA) is 68.5 Å². The number of anilines is 1. The van der Waals surface area contributed by atoms with E-state index in [0.29, 0.717) is 6.61 Å². The predicted molar refractivity (Wildman–Crippen MR) is 83.0 cm³/mol. The van der Waals surface area contributed by atoms with Gasteiger partial charge < -0.3 is 9.64 Å². The minimum Gasteiger partial charge on any atom is -0.374 e. The first-order valence-electron chi connectivity index (χ1n) is 7.23.